The van der Waals surface area contributed by atoms with Crippen LogP contribution in [0.4, 0.5) is 5.95 Å². The lowest BCUT2D eigenvalue weighted by molar-refractivity contribution is -0.138. The number of pyridine rings is 1. The van der Waals surface area contributed by atoms with Gasteiger partial charge in [0.15, 0.2) is 0 Å². The maximum Gasteiger partial charge on any atom is 0.304 e. The van der Waals surface area contributed by atoms with Gasteiger partial charge in [-0.1, -0.05) is 32.0 Å². The minimum atomic E-state index is -0.886. The van der Waals surface area contributed by atoms with Gasteiger partial charge in [-0.15, -0.1) is 0 Å². The molecule has 1 aromatic carbocycles. The number of benzene rings is 1. The molecule has 0 aliphatic heterocycles. The number of ether oxygens (including phenoxy) is 1. The zero-order valence-electron chi connectivity index (χ0n) is 22.4. The molecule has 3 rings (SSSR count). The van der Waals surface area contributed by atoms with Crippen LogP contribution < -0.4 is 11.2 Å². The average Bonchev–Trinajstić information content (AvgIpc) is 2.90. The van der Waals surface area contributed by atoms with Crippen molar-refractivity contribution in [3.05, 3.63) is 71.2 Å². The zero-order valence-corrected chi connectivity index (χ0v) is 22.4. The molecule has 202 valence electrons. The van der Waals surface area contributed by atoms with Crippen molar-refractivity contribution in [1.29, 1.82) is 5.26 Å². The first-order chi connectivity index (χ1) is 18.6. The highest BCUT2D eigenvalue weighted by atomic mass is 16.5. The van der Waals surface area contributed by atoms with Crippen molar-refractivity contribution in [3.8, 4) is 17.3 Å². The van der Waals surface area contributed by atoms with Crippen molar-refractivity contribution in [3.63, 3.8) is 0 Å². The highest BCUT2D eigenvalue weighted by Gasteiger charge is 2.25. The Labute approximate surface area is 227 Å². The number of methoxy groups -OCH3 is 1. The molecule has 0 radical (unpaired) electrons. The van der Waals surface area contributed by atoms with Crippen molar-refractivity contribution < 1.29 is 14.6 Å². The van der Waals surface area contributed by atoms with E-state index in [4.69, 9.17) is 10.6 Å². The Hall–Kier alpha value is -4.69. The molecule has 39 heavy (non-hydrogen) atoms. The third-order valence-corrected chi connectivity index (χ3v) is 5.77. The van der Waals surface area contributed by atoms with Gasteiger partial charge in [-0.3, -0.25) is 14.8 Å². The van der Waals surface area contributed by atoms with Crippen LogP contribution in [0.25, 0.3) is 11.3 Å². The monoisotopic (exact) mass is 528 g/mol. The quantitative estimate of drug-likeness (QED) is 0.180. The van der Waals surface area contributed by atoms with Crippen LogP contribution in [-0.4, -0.2) is 57.7 Å². The molecule has 2 heterocycles. The number of nitrogens with zero attached hydrogens (tertiary/aromatic N) is 6. The first-order valence-electron chi connectivity index (χ1n) is 12.3. The summed E-state index contributed by atoms with van der Waals surface area (Å²) in [7, 11) is 1.61. The number of rotatable bonds is 12. The van der Waals surface area contributed by atoms with Crippen LogP contribution in [0.3, 0.4) is 0 Å². The molecule has 3 aromatic rings. The average molecular weight is 529 g/mol. The molecule has 0 aliphatic rings. The molecule has 0 fully saturated rings. The normalized spacial score (nSPS) is 12.7. The highest BCUT2D eigenvalue weighted by molar-refractivity contribution is 6.37. The standard InChI is InChI=1S/C28H32N8O3/c1-18(17-39-4)32-27-34-22(20-8-5-7-19(11-20)14-29)12-23(35-27)24(36-30)16-31-15-21-9-6-10-25(33-21)28(2,3)13-26(37)38/h5-12,16,18H,13,15,17,30H2,1-4H3,(H,37,38)(H,32,34,35)/b31-16?,36-24+/t18-/m0/s1. The fourth-order valence-electron chi connectivity index (χ4n) is 3.86. The molecule has 0 aliphatic carbocycles. The van der Waals surface area contributed by atoms with Gasteiger partial charge in [-0.05, 0) is 37.3 Å². The minimum absolute atomic E-state index is 0.0383. The topological polar surface area (TPSA) is 172 Å². The Morgan fingerprint density at radius 2 is 2.00 bits per heavy atom. The van der Waals surface area contributed by atoms with Gasteiger partial charge in [0.25, 0.3) is 0 Å². The van der Waals surface area contributed by atoms with Crippen LogP contribution in [0.1, 0.15) is 49.8 Å². The van der Waals surface area contributed by atoms with Crippen molar-refractivity contribution in [2.24, 2.45) is 15.9 Å². The number of carboxylic acid groups (broad SMARTS) is 1. The van der Waals surface area contributed by atoms with E-state index in [1.54, 1.807) is 31.4 Å². The van der Waals surface area contributed by atoms with Crippen LogP contribution in [0.2, 0.25) is 0 Å². The van der Waals surface area contributed by atoms with E-state index in [1.807, 2.05) is 45.0 Å². The number of aromatic nitrogens is 3. The van der Waals surface area contributed by atoms with Crippen LogP contribution in [0.15, 0.2) is 58.6 Å². The second-order valence-electron chi connectivity index (χ2n) is 9.61. The molecule has 2 aromatic heterocycles. The summed E-state index contributed by atoms with van der Waals surface area (Å²) in [5.41, 5.74) is 3.29. The van der Waals surface area contributed by atoms with Gasteiger partial charge in [0.2, 0.25) is 5.95 Å². The number of hydrogen-bond acceptors (Lipinski definition) is 10. The lowest BCUT2D eigenvalue weighted by Crippen LogP contribution is -2.23. The van der Waals surface area contributed by atoms with Gasteiger partial charge in [-0.2, -0.15) is 10.4 Å². The summed E-state index contributed by atoms with van der Waals surface area (Å²) in [6, 6.07) is 16.4. The molecule has 0 bridgehead atoms. The Morgan fingerprint density at radius 3 is 2.69 bits per heavy atom. The zero-order chi connectivity index (χ0) is 28.4. The van der Waals surface area contributed by atoms with Gasteiger partial charge < -0.3 is 21.0 Å². The summed E-state index contributed by atoms with van der Waals surface area (Å²) in [4.78, 5) is 29.5. The molecule has 0 spiro atoms. The Kier molecular flexibility index (Phi) is 9.78. The molecule has 11 nitrogen and oxygen atoms in total. The summed E-state index contributed by atoms with van der Waals surface area (Å²) in [5, 5.41) is 25.6. The van der Waals surface area contributed by atoms with E-state index < -0.39 is 11.4 Å². The third-order valence-electron chi connectivity index (χ3n) is 5.77. The molecule has 0 saturated carbocycles. The van der Waals surface area contributed by atoms with Gasteiger partial charge in [-0.25, -0.2) is 9.97 Å². The van der Waals surface area contributed by atoms with E-state index in [0.717, 1.165) is 5.56 Å². The molecule has 1 atom stereocenters. The van der Waals surface area contributed by atoms with Gasteiger partial charge in [0, 0.05) is 29.8 Å². The molecule has 11 heteroatoms. The number of anilines is 1. The van der Waals surface area contributed by atoms with E-state index in [-0.39, 0.29) is 19.0 Å². The highest BCUT2D eigenvalue weighted by Crippen LogP contribution is 2.25. The van der Waals surface area contributed by atoms with E-state index in [9.17, 15) is 15.2 Å². The van der Waals surface area contributed by atoms with E-state index in [0.29, 0.717) is 46.6 Å². The lowest BCUT2D eigenvalue weighted by atomic mass is 9.85. The van der Waals surface area contributed by atoms with Gasteiger partial charge >= 0.3 is 5.97 Å². The van der Waals surface area contributed by atoms with Gasteiger partial charge in [0.05, 0.1) is 54.5 Å². The summed E-state index contributed by atoms with van der Waals surface area (Å²) in [6.07, 6.45) is 1.47. The van der Waals surface area contributed by atoms with Crippen molar-refractivity contribution in [1.82, 2.24) is 15.0 Å². The molecule has 0 unspecified atom stereocenters. The van der Waals surface area contributed by atoms with Crippen molar-refractivity contribution in [2.75, 3.05) is 19.0 Å². The van der Waals surface area contributed by atoms with Crippen LogP contribution in [0, 0.1) is 11.3 Å². The largest absolute Gasteiger partial charge is 0.481 e. The van der Waals surface area contributed by atoms with Crippen LogP contribution in [-0.2, 0) is 21.5 Å². The molecule has 0 amide bonds. The first kappa shape index (κ1) is 28.9. The number of hydrogen-bond donors (Lipinski definition) is 3. The third kappa shape index (κ3) is 8.15. The number of carbonyl (C=O) groups is 1. The molecular weight excluding hydrogens is 496 g/mol. The number of nitrogens with two attached hydrogens (primary N) is 1. The van der Waals surface area contributed by atoms with Crippen LogP contribution in [0.5, 0.6) is 0 Å². The number of aliphatic carboxylic acids is 1. The van der Waals surface area contributed by atoms with Crippen molar-refractivity contribution in [2.45, 2.75) is 45.2 Å². The fourth-order valence-corrected chi connectivity index (χ4v) is 3.86. The number of carboxylic acids is 1. The smallest absolute Gasteiger partial charge is 0.304 e. The summed E-state index contributed by atoms with van der Waals surface area (Å²) in [6.45, 7) is 6.30. The molecular formula is C28H32N8O3. The van der Waals surface area contributed by atoms with Gasteiger partial charge in [0.1, 0.15) is 5.71 Å². The number of hydrazone groups is 1. The summed E-state index contributed by atoms with van der Waals surface area (Å²) >= 11 is 0. The molecule has 4 N–H and O–H groups in total. The maximum atomic E-state index is 11.2. The van der Waals surface area contributed by atoms with Crippen LogP contribution >= 0.6 is 0 Å². The minimum Gasteiger partial charge on any atom is -0.481 e. The fraction of sp³-hybridized carbons (Fsp3) is 0.321. The Balaban J connectivity index is 1.90. The predicted molar refractivity (Wildman–Crippen MR) is 150 cm³/mol. The first-order valence-corrected chi connectivity index (χ1v) is 12.3. The summed E-state index contributed by atoms with van der Waals surface area (Å²) in [5.74, 6) is 5.19. The Bertz CT molecular complexity index is 1410. The Morgan fingerprint density at radius 1 is 1.23 bits per heavy atom. The second kappa shape index (κ2) is 13.2. The van der Waals surface area contributed by atoms with E-state index in [1.165, 1.54) is 6.21 Å². The van der Waals surface area contributed by atoms with E-state index >= 15 is 0 Å². The summed E-state index contributed by atoms with van der Waals surface area (Å²) < 4.78 is 5.21. The maximum absolute atomic E-state index is 11.2. The van der Waals surface area contributed by atoms with Crippen molar-refractivity contribution >= 4 is 23.8 Å². The predicted octanol–water partition coefficient (Wildman–Crippen LogP) is 3.54. The number of nitriles is 1. The number of nitrogens with one attached hydrogen (secondary N) is 1. The SMILES string of the molecule is COC[C@H](C)Nc1nc(/C(C=NCc2cccc(C(C)(C)CC(=O)O)n2)=N/N)cc(-c2cccc(C#N)c2)n1. The second-order valence-corrected chi connectivity index (χ2v) is 9.61. The van der Waals surface area contributed by atoms with E-state index in [2.05, 4.69) is 36.4 Å². The number of aliphatic imine (C=N–C) groups is 1. The lowest BCUT2D eigenvalue weighted by Gasteiger charge is -2.22. The molecule has 0 saturated heterocycles.